The third-order valence-electron chi connectivity index (χ3n) is 5.52. The smallest absolute Gasteiger partial charge is 0.251 e. The van der Waals surface area contributed by atoms with Gasteiger partial charge in [0.25, 0.3) is 5.91 Å². The molecule has 1 heterocycles. The minimum atomic E-state index is -0.213. The van der Waals surface area contributed by atoms with Crippen LogP contribution in [0.2, 0.25) is 0 Å². The Balaban J connectivity index is 1.74. The molecular formula is C23H31BrN6O4. The number of benzene rings is 1. The molecule has 2 amide bonds. The standard InChI is InChI=1S/C23H31BrN6O4/c1-14(31)27-17-6-4-5-7-18(17)28-21-16(24)13-26-23(30-21)29-19-9-8-15(12-20(19)34-3)22(32)25-10-11-33-2/h8-9,12-13,17-18H,4-7,10-11H2,1-3H3,(H,25,32)(H,27,31)(H2,26,28,29,30)/t17-,18-/m1/s1. The van der Waals surface area contributed by atoms with Gasteiger partial charge in [0.1, 0.15) is 11.6 Å². The van der Waals surface area contributed by atoms with E-state index in [1.807, 2.05) is 0 Å². The zero-order valence-corrected chi connectivity index (χ0v) is 21.2. The largest absolute Gasteiger partial charge is 0.495 e. The van der Waals surface area contributed by atoms with Crippen LogP contribution in [0, 0.1) is 0 Å². The van der Waals surface area contributed by atoms with Gasteiger partial charge in [-0.05, 0) is 47.0 Å². The van der Waals surface area contributed by atoms with Gasteiger partial charge in [0.15, 0.2) is 0 Å². The lowest BCUT2D eigenvalue weighted by Crippen LogP contribution is -2.48. The molecule has 2 atom stereocenters. The fraction of sp³-hybridized carbons (Fsp3) is 0.478. The van der Waals surface area contributed by atoms with Gasteiger partial charge in [-0.15, -0.1) is 0 Å². The maximum Gasteiger partial charge on any atom is 0.251 e. The molecule has 0 aliphatic heterocycles. The van der Waals surface area contributed by atoms with E-state index in [0.29, 0.717) is 41.9 Å². The number of amides is 2. The molecule has 1 aromatic heterocycles. The highest BCUT2D eigenvalue weighted by Crippen LogP contribution is 2.30. The SMILES string of the molecule is COCCNC(=O)c1ccc(Nc2ncc(Br)c(N[C@@H]3CCCC[C@H]3NC(C)=O)n2)c(OC)c1. The second-order valence-corrected chi connectivity index (χ2v) is 8.88. The van der Waals surface area contributed by atoms with Gasteiger partial charge in [-0.25, -0.2) is 4.98 Å². The van der Waals surface area contributed by atoms with E-state index >= 15 is 0 Å². The van der Waals surface area contributed by atoms with Gasteiger partial charge in [-0.3, -0.25) is 9.59 Å². The summed E-state index contributed by atoms with van der Waals surface area (Å²) in [5.41, 5.74) is 1.09. The first-order valence-electron chi connectivity index (χ1n) is 11.2. The Labute approximate surface area is 207 Å². The summed E-state index contributed by atoms with van der Waals surface area (Å²) in [6.07, 6.45) is 5.70. The summed E-state index contributed by atoms with van der Waals surface area (Å²) in [4.78, 5) is 32.9. The number of hydrogen-bond acceptors (Lipinski definition) is 8. The summed E-state index contributed by atoms with van der Waals surface area (Å²) in [5, 5.41) is 12.4. The summed E-state index contributed by atoms with van der Waals surface area (Å²) in [6, 6.07) is 5.22. The predicted molar refractivity (Wildman–Crippen MR) is 134 cm³/mol. The van der Waals surface area contributed by atoms with Gasteiger partial charge < -0.3 is 30.7 Å². The molecule has 0 bridgehead atoms. The molecule has 1 saturated carbocycles. The van der Waals surface area contributed by atoms with Crippen molar-refractivity contribution in [3.63, 3.8) is 0 Å². The van der Waals surface area contributed by atoms with E-state index < -0.39 is 0 Å². The Bertz CT molecular complexity index is 1010. The maximum absolute atomic E-state index is 12.3. The molecule has 1 aliphatic carbocycles. The minimum absolute atomic E-state index is 0.0364. The molecule has 0 unspecified atom stereocenters. The number of hydrogen-bond donors (Lipinski definition) is 4. The number of halogens is 1. The lowest BCUT2D eigenvalue weighted by molar-refractivity contribution is -0.119. The predicted octanol–water partition coefficient (Wildman–Crippen LogP) is 3.23. The summed E-state index contributed by atoms with van der Waals surface area (Å²) in [6.45, 7) is 2.40. The lowest BCUT2D eigenvalue weighted by atomic mass is 9.90. The van der Waals surface area contributed by atoms with Gasteiger partial charge in [0.05, 0.1) is 23.9 Å². The second kappa shape index (κ2) is 12.5. The van der Waals surface area contributed by atoms with Gasteiger partial charge in [-0.1, -0.05) is 12.8 Å². The van der Waals surface area contributed by atoms with Crippen LogP contribution < -0.4 is 26.0 Å². The highest BCUT2D eigenvalue weighted by molar-refractivity contribution is 9.10. The number of rotatable bonds is 10. The van der Waals surface area contributed by atoms with E-state index in [9.17, 15) is 9.59 Å². The Hall–Kier alpha value is -2.92. The molecule has 1 fully saturated rings. The Morgan fingerprint density at radius 3 is 2.65 bits per heavy atom. The molecule has 3 rings (SSSR count). The quantitative estimate of drug-likeness (QED) is 0.342. The Morgan fingerprint density at radius 2 is 1.94 bits per heavy atom. The summed E-state index contributed by atoms with van der Waals surface area (Å²) < 4.78 is 11.2. The van der Waals surface area contributed by atoms with Gasteiger partial charge in [-0.2, -0.15) is 4.98 Å². The number of aromatic nitrogens is 2. The average molecular weight is 535 g/mol. The molecule has 2 aromatic rings. The van der Waals surface area contributed by atoms with Gasteiger partial charge in [0, 0.05) is 44.4 Å². The first kappa shape index (κ1) is 25.7. The fourth-order valence-electron chi connectivity index (χ4n) is 3.87. The van der Waals surface area contributed by atoms with Crippen molar-refractivity contribution in [3.05, 3.63) is 34.4 Å². The minimum Gasteiger partial charge on any atom is -0.495 e. The molecule has 34 heavy (non-hydrogen) atoms. The lowest BCUT2D eigenvalue weighted by Gasteiger charge is -2.33. The normalized spacial score (nSPS) is 17.5. The van der Waals surface area contributed by atoms with E-state index in [1.54, 1.807) is 31.5 Å². The van der Waals surface area contributed by atoms with Crippen molar-refractivity contribution >= 4 is 45.2 Å². The average Bonchev–Trinajstić information content (AvgIpc) is 2.82. The van der Waals surface area contributed by atoms with E-state index in [4.69, 9.17) is 9.47 Å². The number of methoxy groups -OCH3 is 2. The molecule has 1 aliphatic rings. The van der Waals surface area contributed by atoms with Crippen LogP contribution in [-0.4, -0.2) is 61.2 Å². The maximum atomic E-state index is 12.3. The molecule has 0 spiro atoms. The zero-order chi connectivity index (χ0) is 24.5. The molecule has 184 valence electrons. The summed E-state index contributed by atoms with van der Waals surface area (Å²) in [7, 11) is 3.12. The van der Waals surface area contributed by atoms with Crippen LogP contribution in [0.5, 0.6) is 5.75 Å². The number of anilines is 3. The van der Waals surface area contributed by atoms with Gasteiger partial charge in [0.2, 0.25) is 11.9 Å². The van der Waals surface area contributed by atoms with E-state index in [1.165, 1.54) is 14.0 Å². The monoisotopic (exact) mass is 534 g/mol. The Morgan fingerprint density at radius 1 is 1.18 bits per heavy atom. The van der Waals surface area contributed by atoms with Crippen molar-refractivity contribution in [1.29, 1.82) is 0 Å². The van der Waals surface area contributed by atoms with Crippen LogP contribution in [0.1, 0.15) is 43.0 Å². The number of carbonyl (C=O) groups excluding carboxylic acids is 2. The van der Waals surface area contributed by atoms with Crippen molar-refractivity contribution in [1.82, 2.24) is 20.6 Å². The summed E-state index contributed by atoms with van der Waals surface area (Å²) in [5.74, 6) is 1.24. The van der Waals surface area contributed by atoms with Crippen LogP contribution in [0.3, 0.4) is 0 Å². The number of ether oxygens (including phenoxy) is 2. The molecular weight excluding hydrogens is 504 g/mol. The molecule has 10 nitrogen and oxygen atoms in total. The van der Waals surface area contributed by atoms with Gasteiger partial charge >= 0.3 is 0 Å². The van der Waals surface area contributed by atoms with Crippen molar-refractivity contribution < 1.29 is 19.1 Å². The molecule has 0 radical (unpaired) electrons. The first-order chi connectivity index (χ1) is 16.4. The van der Waals surface area contributed by atoms with E-state index in [2.05, 4.69) is 47.2 Å². The summed E-state index contributed by atoms with van der Waals surface area (Å²) >= 11 is 3.51. The van der Waals surface area contributed by atoms with E-state index in [-0.39, 0.29) is 23.9 Å². The van der Waals surface area contributed by atoms with Crippen molar-refractivity contribution in [3.8, 4) is 5.75 Å². The van der Waals surface area contributed by atoms with Crippen molar-refractivity contribution in [2.45, 2.75) is 44.7 Å². The third kappa shape index (κ3) is 7.04. The highest BCUT2D eigenvalue weighted by atomic mass is 79.9. The topological polar surface area (TPSA) is 126 Å². The van der Waals surface area contributed by atoms with Crippen LogP contribution in [0.15, 0.2) is 28.9 Å². The van der Waals surface area contributed by atoms with Crippen LogP contribution in [0.4, 0.5) is 17.5 Å². The second-order valence-electron chi connectivity index (χ2n) is 8.02. The van der Waals surface area contributed by atoms with Crippen molar-refractivity contribution in [2.24, 2.45) is 0 Å². The third-order valence-corrected chi connectivity index (χ3v) is 6.10. The van der Waals surface area contributed by atoms with E-state index in [0.717, 1.165) is 30.2 Å². The van der Waals surface area contributed by atoms with Crippen LogP contribution in [-0.2, 0) is 9.53 Å². The molecule has 0 saturated heterocycles. The number of nitrogens with one attached hydrogen (secondary N) is 4. The number of nitrogens with zero attached hydrogens (tertiary/aromatic N) is 2. The fourth-order valence-corrected chi connectivity index (χ4v) is 4.17. The van der Waals surface area contributed by atoms with Crippen molar-refractivity contribution in [2.75, 3.05) is 38.0 Å². The Kier molecular flexibility index (Phi) is 9.46. The molecule has 11 heteroatoms. The first-order valence-corrected chi connectivity index (χ1v) is 12.0. The molecule has 1 aromatic carbocycles. The zero-order valence-electron chi connectivity index (χ0n) is 19.6. The number of carbonyl (C=O) groups is 2. The molecule has 4 N–H and O–H groups in total. The van der Waals surface area contributed by atoms with Crippen LogP contribution in [0.25, 0.3) is 0 Å². The highest BCUT2D eigenvalue weighted by Gasteiger charge is 2.26. The van der Waals surface area contributed by atoms with Crippen LogP contribution >= 0.6 is 15.9 Å².